The van der Waals surface area contributed by atoms with E-state index in [1.807, 2.05) is 33.9 Å². The Hall–Kier alpha value is -3.79. The summed E-state index contributed by atoms with van der Waals surface area (Å²) in [6, 6.07) is 28.0. The van der Waals surface area contributed by atoms with E-state index in [-0.39, 0.29) is 48.9 Å². The van der Waals surface area contributed by atoms with E-state index in [1.54, 1.807) is 0 Å². The molecule has 1 N–H and O–H groups in total. The number of fused-ring (bicyclic) bond motifs is 4. The van der Waals surface area contributed by atoms with E-state index in [9.17, 15) is 9.90 Å². The van der Waals surface area contributed by atoms with Crippen LogP contribution in [-0.4, -0.2) is 15.9 Å². The number of carbonyl (C=O) groups is 1. The van der Waals surface area contributed by atoms with Crippen molar-refractivity contribution >= 4 is 44.4 Å². The number of rotatable bonds is 9. The van der Waals surface area contributed by atoms with Crippen LogP contribution in [0.15, 0.2) is 84.8 Å². The molecule has 0 bridgehead atoms. The van der Waals surface area contributed by atoms with Gasteiger partial charge in [0.05, 0.1) is 5.76 Å². The van der Waals surface area contributed by atoms with Crippen LogP contribution < -0.4 is 4.90 Å². The Morgan fingerprint density at radius 3 is 2.18 bits per heavy atom. The molecule has 0 amide bonds. The number of benzene rings is 4. The van der Waals surface area contributed by atoms with E-state index in [2.05, 4.69) is 112 Å². The molecule has 5 aromatic rings. The maximum absolute atomic E-state index is 11.7. The molecule has 0 saturated heterocycles. The van der Waals surface area contributed by atoms with Gasteiger partial charge in [-0.25, -0.2) is 0 Å². The Balaban J connectivity index is 0.000000301. The number of ketones is 1. The number of aryl methyl sites for hydroxylation is 2. The van der Waals surface area contributed by atoms with Gasteiger partial charge in [-0.05, 0) is 103 Å². The Morgan fingerprint density at radius 2 is 1.56 bits per heavy atom. The normalized spacial score (nSPS) is 12.5. The van der Waals surface area contributed by atoms with Gasteiger partial charge in [0.2, 0.25) is 0 Å². The summed E-state index contributed by atoms with van der Waals surface area (Å²) < 4.78 is 0. The van der Waals surface area contributed by atoms with Gasteiger partial charge in [-0.2, -0.15) is 0 Å². The van der Waals surface area contributed by atoms with Crippen molar-refractivity contribution in [3.05, 3.63) is 108 Å². The molecule has 1 aliphatic rings. The standard InChI is InChI=1S/C32H29N2.C13H24O2.Ir/c1-20-15-21(2)25-11-12-26-30-29-23(13-14-33-30)17-22(19-32(3,4)5)18-28(29)34(31(26)27(25)16-20)24-9-7-6-8-10-24;1-5-10(6-2)12(14)9-13(15)11(7-3)8-4;/h6-11,13-18H,19H2,1-5H3;9-11,14H,5-8H2,1-4H3;/q-1;;/b;12-9-;. The minimum Gasteiger partial charge on any atom is -0.512 e. The molecule has 0 spiro atoms. The molecule has 0 unspecified atom stereocenters. The predicted molar refractivity (Wildman–Crippen MR) is 208 cm³/mol. The molecule has 0 atom stereocenters. The molecule has 1 aliphatic heterocycles. The first-order valence-electron chi connectivity index (χ1n) is 18.1. The minimum absolute atomic E-state index is 0. The second-order valence-corrected chi connectivity index (χ2v) is 14.8. The maximum Gasteiger partial charge on any atom is 0.162 e. The molecular weight excluding hydrogens is 793 g/mol. The number of allylic oxidation sites excluding steroid dienone is 2. The first kappa shape index (κ1) is 39.0. The summed E-state index contributed by atoms with van der Waals surface area (Å²) in [4.78, 5) is 19.1. The number of anilines is 3. The van der Waals surface area contributed by atoms with Crippen LogP contribution in [0.3, 0.4) is 0 Å². The molecule has 2 heterocycles. The number of nitrogens with zero attached hydrogens (tertiary/aromatic N) is 2. The Kier molecular flexibility index (Phi) is 12.9. The zero-order valence-corrected chi connectivity index (χ0v) is 33.7. The number of pyridine rings is 1. The van der Waals surface area contributed by atoms with Crippen LogP contribution in [0.5, 0.6) is 0 Å². The van der Waals surface area contributed by atoms with Crippen LogP contribution in [0.25, 0.3) is 32.8 Å². The zero-order chi connectivity index (χ0) is 35.5. The average molecular weight is 846 g/mol. The first-order chi connectivity index (χ1) is 23.4. The molecule has 6 rings (SSSR count). The van der Waals surface area contributed by atoms with Crippen LogP contribution in [0.4, 0.5) is 17.1 Å². The van der Waals surface area contributed by atoms with Gasteiger partial charge in [0.15, 0.2) is 5.78 Å². The Bertz CT molecular complexity index is 1980. The van der Waals surface area contributed by atoms with Gasteiger partial charge < -0.3 is 15.0 Å². The van der Waals surface area contributed by atoms with Gasteiger partial charge in [-0.1, -0.05) is 107 Å². The van der Waals surface area contributed by atoms with E-state index in [4.69, 9.17) is 4.98 Å². The molecule has 4 aromatic carbocycles. The number of carbonyl (C=O) groups excluding carboxylic acids is 1. The molecular formula is C45H53IrN2O2-. The molecule has 0 aliphatic carbocycles. The number of aliphatic hydroxyl groups is 1. The molecule has 4 nitrogen and oxygen atoms in total. The van der Waals surface area contributed by atoms with Crippen LogP contribution in [0, 0.1) is 37.2 Å². The van der Waals surface area contributed by atoms with Crippen molar-refractivity contribution in [2.45, 2.75) is 94.4 Å². The van der Waals surface area contributed by atoms with Gasteiger partial charge in [0, 0.05) is 55.6 Å². The Morgan fingerprint density at radius 1 is 0.900 bits per heavy atom. The fourth-order valence-corrected chi connectivity index (χ4v) is 7.31. The fraction of sp³-hybridized carbons (Fsp3) is 0.378. The van der Waals surface area contributed by atoms with Gasteiger partial charge in [0.1, 0.15) is 0 Å². The largest absolute Gasteiger partial charge is 0.512 e. The second-order valence-electron chi connectivity index (χ2n) is 14.8. The van der Waals surface area contributed by atoms with Gasteiger partial charge in [0.25, 0.3) is 0 Å². The summed E-state index contributed by atoms with van der Waals surface area (Å²) >= 11 is 0. The topological polar surface area (TPSA) is 53.4 Å². The van der Waals surface area contributed by atoms with Crippen molar-refractivity contribution in [1.29, 1.82) is 0 Å². The SMILES string of the molecule is CCC(CC)C(=O)/C=C(\O)C(CC)CC.Cc1cc(C)c2c[c-]c3c(c2c1)N(c1ccccc1)c1cc(CC(C)(C)C)cc2ccnc-3c12.[Ir]. The first-order valence-corrected chi connectivity index (χ1v) is 18.1. The molecule has 0 saturated carbocycles. The van der Waals surface area contributed by atoms with E-state index in [1.165, 1.54) is 55.7 Å². The molecule has 1 aromatic heterocycles. The predicted octanol–water partition coefficient (Wildman–Crippen LogP) is 12.7. The van der Waals surface area contributed by atoms with Crippen LogP contribution in [-0.2, 0) is 31.3 Å². The van der Waals surface area contributed by atoms with Crippen LogP contribution in [0.2, 0.25) is 0 Å². The van der Waals surface area contributed by atoms with Gasteiger partial charge in [-0.15, -0.1) is 17.7 Å². The van der Waals surface area contributed by atoms with Crippen molar-refractivity contribution in [3.8, 4) is 11.3 Å². The zero-order valence-electron chi connectivity index (χ0n) is 31.3. The molecule has 1 radical (unpaired) electrons. The van der Waals surface area contributed by atoms with E-state index in [0.29, 0.717) is 0 Å². The summed E-state index contributed by atoms with van der Waals surface area (Å²) in [5.41, 5.74) is 9.75. The summed E-state index contributed by atoms with van der Waals surface area (Å²) in [6.45, 7) is 19.4. The summed E-state index contributed by atoms with van der Waals surface area (Å²) in [5, 5.41) is 14.7. The third-order valence-corrected chi connectivity index (χ3v) is 9.82. The number of hydrogen-bond acceptors (Lipinski definition) is 4. The molecule has 0 fully saturated rings. The van der Waals surface area contributed by atoms with Crippen molar-refractivity contribution in [1.82, 2.24) is 4.98 Å². The number of aliphatic hydroxyl groups excluding tert-OH is 1. The smallest absolute Gasteiger partial charge is 0.162 e. The van der Waals surface area contributed by atoms with Crippen LogP contribution in [0.1, 0.15) is 90.8 Å². The summed E-state index contributed by atoms with van der Waals surface area (Å²) in [6.07, 6.45) is 7.87. The second kappa shape index (κ2) is 16.5. The van der Waals surface area contributed by atoms with Crippen LogP contribution >= 0.6 is 0 Å². The van der Waals surface area contributed by atoms with E-state index >= 15 is 0 Å². The molecule has 5 heteroatoms. The van der Waals surface area contributed by atoms with Crippen molar-refractivity contribution in [2.24, 2.45) is 17.3 Å². The number of aromatic nitrogens is 1. The third kappa shape index (κ3) is 8.22. The summed E-state index contributed by atoms with van der Waals surface area (Å²) in [7, 11) is 0. The quantitative estimate of drug-likeness (QED) is 0.0895. The van der Waals surface area contributed by atoms with E-state index < -0.39 is 0 Å². The summed E-state index contributed by atoms with van der Waals surface area (Å²) in [5.74, 6) is 0.547. The van der Waals surface area contributed by atoms with Crippen molar-refractivity contribution < 1.29 is 30.0 Å². The average Bonchev–Trinajstić information content (AvgIpc) is 3.06. The van der Waals surface area contributed by atoms with E-state index in [0.717, 1.165) is 49.0 Å². The van der Waals surface area contributed by atoms with Gasteiger partial charge in [-0.3, -0.25) is 4.79 Å². The number of para-hydroxylation sites is 1. The Labute approximate surface area is 313 Å². The minimum atomic E-state index is 0. The number of hydrogen-bond donors (Lipinski definition) is 1. The van der Waals surface area contributed by atoms with Crippen molar-refractivity contribution in [3.63, 3.8) is 0 Å². The maximum atomic E-state index is 11.7. The third-order valence-electron chi connectivity index (χ3n) is 9.82. The van der Waals surface area contributed by atoms with Gasteiger partial charge >= 0.3 is 0 Å². The fourth-order valence-electron chi connectivity index (χ4n) is 7.31. The molecule has 50 heavy (non-hydrogen) atoms. The van der Waals surface area contributed by atoms with Crippen molar-refractivity contribution in [2.75, 3.05) is 4.90 Å². The molecule has 265 valence electrons. The monoisotopic (exact) mass is 846 g/mol.